The second-order valence-electron chi connectivity index (χ2n) is 6.03. The molecule has 2 atom stereocenters. The van der Waals surface area contributed by atoms with Crippen molar-refractivity contribution in [2.45, 2.75) is 25.3 Å². The molecule has 1 aliphatic rings. The number of carbonyl (C=O) groups excluding carboxylic acids is 1. The molecule has 120 valence electrons. The van der Waals surface area contributed by atoms with E-state index < -0.39 is 0 Å². The molecule has 0 saturated carbocycles. The van der Waals surface area contributed by atoms with Crippen LogP contribution in [0.2, 0.25) is 0 Å². The molecule has 1 amide bonds. The molecule has 1 aliphatic heterocycles. The largest absolute Gasteiger partial charge is 0.381 e. The van der Waals surface area contributed by atoms with E-state index in [-0.39, 0.29) is 11.9 Å². The van der Waals surface area contributed by atoms with Crippen LogP contribution in [0.3, 0.4) is 0 Å². The fourth-order valence-electron chi connectivity index (χ4n) is 3.00. The van der Waals surface area contributed by atoms with Gasteiger partial charge in [0.15, 0.2) is 0 Å². The van der Waals surface area contributed by atoms with Gasteiger partial charge in [-0.2, -0.15) is 0 Å². The number of benzene rings is 1. The lowest BCUT2D eigenvalue weighted by Gasteiger charge is -2.22. The molecule has 1 saturated heterocycles. The van der Waals surface area contributed by atoms with E-state index in [4.69, 9.17) is 4.74 Å². The molecule has 1 aromatic carbocycles. The zero-order valence-corrected chi connectivity index (χ0v) is 13.2. The SMILES string of the molecule is O=C(Cc1cccnc1)N[C@H](C[C@H]1CCOC1)c1ccccc1. The van der Waals surface area contributed by atoms with Crippen LogP contribution in [0.4, 0.5) is 0 Å². The number of nitrogens with one attached hydrogen (secondary N) is 1. The molecule has 23 heavy (non-hydrogen) atoms. The number of amides is 1. The fourth-order valence-corrected chi connectivity index (χ4v) is 3.00. The van der Waals surface area contributed by atoms with Crippen LogP contribution in [-0.2, 0) is 16.0 Å². The summed E-state index contributed by atoms with van der Waals surface area (Å²) in [7, 11) is 0. The Morgan fingerprint density at radius 2 is 2.13 bits per heavy atom. The van der Waals surface area contributed by atoms with Gasteiger partial charge in [0.2, 0.25) is 5.91 Å². The maximum Gasteiger partial charge on any atom is 0.224 e. The Morgan fingerprint density at radius 3 is 2.83 bits per heavy atom. The molecule has 1 fully saturated rings. The van der Waals surface area contributed by atoms with Crippen LogP contribution < -0.4 is 5.32 Å². The van der Waals surface area contributed by atoms with Gasteiger partial charge in [-0.15, -0.1) is 0 Å². The number of pyridine rings is 1. The van der Waals surface area contributed by atoms with E-state index in [0.29, 0.717) is 12.3 Å². The second kappa shape index (κ2) is 7.88. The Bertz CT molecular complexity index is 610. The van der Waals surface area contributed by atoms with E-state index >= 15 is 0 Å². The van der Waals surface area contributed by atoms with Crippen molar-refractivity contribution < 1.29 is 9.53 Å². The lowest BCUT2D eigenvalue weighted by molar-refractivity contribution is -0.121. The van der Waals surface area contributed by atoms with Crippen molar-refractivity contribution in [1.29, 1.82) is 0 Å². The summed E-state index contributed by atoms with van der Waals surface area (Å²) in [5.74, 6) is 0.546. The standard InChI is InChI=1S/C19H22N2O2/c22-19(12-15-5-4-9-20-13-15)21-18(11-16-8-10-23-14-16)17-6-2-1-3-7-17/h1-7,9,13,16,18H,8,10-12,14H2,(H,21,22)/t16-,18-/m1/s1. The Kier molecular flexibility index (Phi) is 5.37. The van der Waals surface area contributed by atoms with Crippen molar-refractivity contribution in [3.8, 4) is 0 Å². The Labute approximate surface area is 136 Å². The van der Waals surface area contributed by atoms with Crippen LogP contribution in [0.15, 0.2) is 54.9 Å². The van der Waals surface area contributed by atoms with E-state index in [1.807, 2.05) is 30.3 Å². The monoisotopic (exact) mass is 310 g/mol. The molecule has 2 heterocycles. The molecule has 4 nitrogen and oxygen atoms in total. The van der Waals surface area contributed by atoms with Gasteiger partial charge in [-0.1, -0.05) is 36.4 Å². The van der Waals surface area contributed by atoms with Gasteiger partial charge in [-0.05, 0) is 36.0 Å². The molecule has 3 rings (SSSR count). The summed E-state index contributed by atoms with van der Waals surface area (Å²) in [6, 6.07) is 14.0. The molecule has 0 spiro atoms. The molecule has 1 aromatic heterocycles. The summed E-state index contributed by atoms with van der Waals surface area (Å²) < 4.78 is 5.47. The maximum atomic E-state index is 12.4. The molecule has 0 unspecified atom stereocenters. The number of carbonyl (C=O) groups is 1. The number of hydrogen-bond donors (Lipinski definition) is 1. The average molecular weight is 310 g/mol. The summed E-state index contributed by atoms with van der Waals surface area (Å²) in [5.41, 5.74) is 2.08. The van der Waals surface area contributed by atoms with Crippen molar-refractivity contribution in [3.63, 3.8) is 0 Å². The number of rotatable bonds is 6. The molecule has 4 heteroatoms. The molecular formula is C19H22N2O2. The fraction of sp³-hybridized carbons (Fsp3) is 0.368. The summed E-state index contributed by atoms with van der Waals surface area (Å²) in [4.78, 5) is 16.5. The van der Waals surface area contributed by atoms with Gasteiger partial charge in [0, 0.05) is 25.6 Å². The summed E-state index contributed by atoms with van der Waals surface area (Å²) >= 11 is 0. The lowest BCUT2D eigenvalue weighted by Crippen LogP contribution is -2.31. The molecule has 2 aromatic rings. The third-order valence-electron chi connectivity index (χ3n) is 4.22. The van der Waals surface area contributed by atoms with Crippen molar-refractivity contribution in [2.75, 3.05) is 13.2 Å². The zero-order valence-electron chi connectivity index (χ0n) is 13.2. The van der Waals surface area contributed by atoms with E-state index in [1.165, 1.54) is 0 Å². The minimum absolute atomic E-state index is 0.0331. The number of aromatic nitrogens is 1. The summed E-state index contributed by atoms with van der Waals surface area (Å²) in [6.07, 6.45) is 5.80. The number of nitrogens with zero attached hydrogens (tertiary/aromatic N) is 1. The van der Waals surface area contributed by atoms with Gasteiger partial charge < -0.3 is 10.1 Å². The smallest absolute Gasteiger partial charge is 0.224 e. The third-order valence-corrected chi connectivity index (χ3v) is 4.22. The van der Waals surface area contributed by atoms with Gasteiger partial charge in [0.1, 0.15) is 0 Å². The van der Waals surface area contributed by atoms with Gasteiger partial charge in [0.25, 0.3) is 0 Å². The first-order valence-corrected chi connectivity index (χ1v) is 8.12. The summed E-state index contributed by atoms with van der Waals surface area (Å²) in [5, 5.41) is 3.19. The highest BCUT2D eigenvalue weighted by Gasteiger charge is 2.23. The predicted octanol–water partition coefficient (Wildman–Crippen LogP) is 2.91. The van der Waals surface area contributed by atoms with Gasteiger partial charge in [-0.25, -0.2) is 0 Å². The average Bonchev–Trinajstić information content (AvgIpc) is 3.09. The van der Waals surface area contributed by atoms with Gasteiger partial charge in [-0.3, -0.25) is 9.78 Å². The topological polar surface area (TPSA) is 51.2 Å². The first-order valence-electron chi connectivity index (χ1n) is 8.12. The maximum absolute atomic E-state index is 12.4. The van der Waals surface area contributed by atoms with Gasteiger partial charge in [0.05, 0.1) is 12.5 Å². The predicted molar refractivity (Wildman–Crippen MR) is 88.8 cm³/mol. The van der Waals surface area contributed by atoms with Crippen LogP contribution >= 0.6 is 0 Å². The minimum atomic E-state index is 0.0331. The highest BCUT2D eigenvalue weighted by atomic mass is 16.5. The number of ether oxygens (including phenoxy) is 1. The lowest BCUT2D eigenvalue weighted by atomic mass is 9.94. The normalized spacial score (nSPS) is 18.5. The molecular weight excluding hydrogens is 288 g/mol. The van der Waals surface area contributed by atoms with Crippen molar-refractivity contribution >= 4 is 5.91 Å². The second-order valence-corrected chi connectivity index (χ2v) is 6.03. The zero-order chi connectivity index (χ0) is 15.9. The minimum Gasteiger partial charge on any atom is -0.381 e. The van der Waals surface area contributed by atoms with Crippen molar-refractivity contribution in [1.82, 2.24) is 10.3 Å². The van der Waals surface area contributed by atoms with E-state index in [9.17, 15) is 4.79 Å². The Hall–Kier alpha value is -2.20. The Balaban J connectivity index is 1.66. The van der Waals surface area contributed by atoms with Crippen LogP contribution in [0.25, 0.3) is 0 Å². The van der Waals surface area contributed by atoms with E-state index in [0.717, 1.165) is 37.2 Å². The van der Waals surface area contributed by atoms with Crippen LogP contribution in [0, 0.1) is 5.92 Å². The highest BCUT2D eigenvalue weighted by molar-refractivity contribution is 5.78. The highest BCUT2D eigenvalue weighted by Crippen LogP contribution is 2.26. The molecule has 0 radical (unpaired) electrons. The molecule has 1 N–H and O–H groups in total. The van der Waals surface area contributed by atoms with E-state index in [2.05, 4.69) is 22.4 Å². The van der Waals surface area contributed by atoms with E-state index in [1.54, 1.807) is 12.4 Å². The van der Waals surface area contributed by atoms with Gasteiger partial charge >= 0.3 is 0 Å². The molecule has 0 aliphatic carbocycles. The van der Waals surface area contributed by atoms with Crippen LogP contribution in [0.1, 0.15) is 30.0 Å². The van der Waals surface area contributed by atoms with Crippen LogP contribution in [0.5, 0.6) is 0 Å². The summed E-state index contributed by atoms with van der Waals surface area (Å²) in [6.45, 7) is 1.62. The van der Waals surface area contributed by atoms with Crippen LogP contribution in [-0.4, -0.2) is 24.1 Å². The van der Waals surface area contributed by atoms with Crippen molar-refractivity contribution in [2.24, 2.45) is 5.92 Å². The Morgan fingerprint density at radius 1 is 1.26 bits per heavy atom. The first kappa shape index (κ1) is 15.7. The quantitative estimate of drug-likeness (QED) is 0.892. The number of hydrogen-bond acceptors (Lipinski definition) is 3. The first-order chi connectivity index (χ1) is 11.3. The molecule has 0 bridgehead atoms. The van der Waals surface area contributed by atoms with Crippen molar-refractivity contribution in [3.05, 3.63) is 66.0 Å². The third kappa shape index (κ3) is 4.63.